The molecule has 0 heterocycles. The van der Waals surface area contributed by atoms with Crippen LogP contribution in [-0.2, 0) is 0 Å². The van der Waals surface area contributed by atoms with E-state index < -0.39 is 0 Å². The molecule has 3 unspecified atom stereocenters. The zero-order valence-corrected chi connectivity index (χ0v) is 12.1. The molecule has 0 amide bonds. The molecule has 0 spiro atoms. The van der Waals surface area contributed by atoms with Crippen molar-refractivity contribution >= 4 is 0 Å². The first-order chi connectivity index (χ1) is 8.30. The van der Waals surface area contributed by atoms with E-state index in [-0.39, 0.29) is 0 Å². The van der Waals surface area contributed by atoms with E-state index in [0.29, 0.717) is 0 Å². The molecule has 0 saturated heterocycles. The zero-order valence-electron chi connectivity index (χ0n) is 12.1. The van der Waals surface area contributed by atoms with Crippen molar-refractivity contribution in [1.82, 2.24) is 0 Å². The van der Waals surface area contributed by atoms with E-state index in [1.54, 1.807) is 38.5 Å². The molecule has 0 aromatic heterocycles. The molecule has 0 N–H and O–H groups in total. The maximum absolute atomic E-state index is 2.34. The van der Waals surface area contributed by atoms with Crippen LogP contribution in [0.2, 0.25) is 0 Å². The van der Waals surface area contributed by atoms with Crippen molar-refractivity contribution in [3.05, 3.63) is 0 Å². The fraction of sp³-hybridized carbons (Fsp3) is 1.00. The summed E-state index contributed by atoms with van der Waals surface area (Å²) in [5, 5.41) is 0. The van der Waals surface area contributed by atoms with E-state index in [2.05, 4.69) is 13.8 Å². The highest BCUT2D eigenvalue weighted by Crippen LogP contribution is 2.61. The lowest BCUT2D eigenvalue weighted by atomic mass is 9.70. The van der Waals surface area contributed by atoms with Crippen molar-refractivity contribution in [2.75, 3.05) is 0 Å². The molecule has 0 heteroatoms. The Morgan fingerprint density at radius 3 is 2.47 bits per heavy atom. The van der Waals surface area contributed by atoms with Gasteiger partial charge in [-0.1, -0.05) is 52.4 Å². The number of fused-ring (bicyclic) bond motifs is 2. The van der Waals surface area contributed by atoms with E-state index >= 15 is 0 Å². The van der Waals surface area contributed by atoms with Crippen molar-refractivity contribution in [1.29, 1.82) is 0 Å². The molecule has 0 aromatic rings. The Morgan fingerprint density at radius 2 is 1.76 bits per heavy atom. The van der Waals surface area contributed by atoms with E-state index in [1.165, 1.54) is 38.5 Å². The Morgan fingerprint density at radius 1 is 1.00 bits per heavy atom. The van der Waals surface area contributed by atoms with Crippen molar-refractivity contribution in [2.45, 2.75) is 90.9 Å². The third kappa shape index (κ3) is 3.06. The lowest BCUT2D eigenvalue weighted by Crippen LogP contribution is -2.25. The van der Waals surface area contributed by atoms with Crippen molar-refractivity contribution in [2.24, 2.45) is 17.3 Å². The van der Waals surface area contributed by atoms with Crippen LogP contribution in [0, 0.1) is 17.3 Å². The minimum Gasteiger partial charge on any atom is -0.0654 e. The fourth-order valence-corrected chi connectivity index (χ4v) is 4.72. The second-order valence-corrected chi connectivity index (χ2v) is 6.86. The first-order valence-corrected chi connectivity index (χ1v) is 8.30. The summed E-state index contributed by atoms with van der Waals surface area (Å²) in [4.78, 5) is 0. The number of hydrogen-bond acceptors (Lipinski definition) is 0. The van der Waals surface area contributed by atoms with Gasteiger partial charge in [0, 0.05) is 0 Å². The molecule has 0 aliphatic heterocycles. The summed E-state index contributed by atoms with van der Waals surface area (Å²) in [5.74, 6) is 2.24. The smallest absolute Gasteiger partial charge is 0.0266 e. The van der Waals surface area contributed by atoms with E-state index in [1.807, 2.05) is 0 Å². The Bertz CT molecular complexity index is 220. The summed E-state index contributed by atoms with van der Waals surface area (Å²) in [5.41, 5.74) is 0.827. The molecular weight excluding hydrogens is 204 g/mol. The predicted octanol–water partition coefficient (Wildman–Crippen LogP) is 5.95. The van der Waals surface area contributed by atoms with E-state index in [9.17, 15) is 0 Å². The Hall–Kier alpha value is 0. The van der Waals surface area contributed by atoms with Gasteiger partial charge in [-0.15, -0.1) is 0 Å². The van der Waals surface area contributed by atoms with Crippen LogP contribution in [0.5, 0.6) is 0 Å². The maximum atomic E-state index is 2.34. The number of rotatable bonds is 8. The lowest BCUT2D eigenvalue weighted by molar-refractivity contribution is 0.150. The largest absolute Gasteiger partial charge is 0.0654 e. The average molecular weight is 236 g/mol. The SMILES string of the molecule is CCCCCC1CC2CCC1(CCCCC)C2. The van der Waals surface area contributed by atoms with Crippen LogP contribution in [0.4, 0.5) is 0 Å². The predicted molar refractivity (Wildman–Crippen MR) is 76.2 cm³/mol. The van der Waals surface area contributed by atoms with Crippen LogP contribution in [0.15, 0.2) is 0 Å². The standard InChI is InChI=1S/C17H32/c1-3-5-7-9-16-13-15-10-12-17(16,14-15)11-8-6-4-2/h15-16H,3-14H2,1-2H3. The second kappa shape index (κ2) is 6.25. The minimum atomic E-state index is 0.827. The van der Waals surface area contributed by atoms with E-state index in [4.69, 9.17) is 0 Å². The van der Waals surface area contributed by atoms with E-state index in [0.717, 1.165) is 17.3 Å². The van der Waals surface area contributed by atoms with Crippen molar-refractivity contribution < 1.29 is 0 Å². The lowest BCUT2D eigenvalue weighted by Gasteiger charge is -2.35. The first-order valence-electron chi connectivity index (χ1n) is 8.30. The quantitative estimate of drug-likeness (QED) is 0.457. The molecule has 2 aliphatic rings. The molecule has 2 saturated carbocycles. The van der Waals surface area contributed by atoms with Gasteiger partial charge in [-0.25, -0.2) is 0 Å². The van der Waals surface area contributed by atoms with Crippen molar-refractivity contribution in [3.8, 4) is 0 Å². The van der Waals surface area contributed by atoms with Gasteiger partial charge in [0.15, 0.2) is 0 Å². The molecular formula is C17H32. The number of unbranched alkanes of at least 4 members (excludes halogenated alkanes) is 4. The van der Waals surface area contributed by atoms with Crippen LogP contribution < -0.4 is 0 Å². The minimum absolute atomic E-state index is 0.827. The van der Waals surface area contributed by atoms with Gasteiger partial charge in [0.1, 0.15) is 0 Å². The molecule has 2 bridgehead atoms. The van der Waals surface area contributed by atoms with Crippen molar-refractivity contribution in [3.63, 3.8) is 0 Å². The van der Waals surface area contributed by atoms with Gasteiger partial charge < -0.3 is 0 Å². The molecule has 2 rings (SSSR count). The molecule has 0 nitrogen and oxygen atoms in total. The Kier molecular flexibility index (Phi) is 4.94. The normalized spacial score (nSPS) is 35.6. The molecule has 2 aliphatic carbocycles. The highest BCUT2D eigenvalue weighted by atomic mass is 14.5. The third-order valence-corrected chi connectivity index (χ3v) is 5.66. The zero-order chi connectivity index (χ0) is 12.1. The van der Waals surface area contributed by atoms with Gasteiger partial charge in [0.2, 0.25) is 0 Å². The summed E-state index contributed by atoms with van der Waals surface area (Å²) >= 11 is 0. The fourth-order valence-electron chi connectivity index (χ4n) is 4.72. The summed E-state index contributed by atoms with van der Waals surface area (Å²) in [7, 11) is 0. The van der Waals surface area contributed by atoms with Gasteiger partial charge in [0.25, 0.3) is 0 Å². The van der Waals surface area contributed by atoms with Crippen LogP contribution in [0.25, 0.3) is 0 Å². The van der Waals surface area contributed by atoms with Crippen LogP contribution in [-0.4, -0.2) is 0 Å². The summed E-state index contributed by atoms with van der Waals surface area (Å²) in [6.45, 7) is 4.67. The summed E-state index contributed by atoms with van der Waals surface area (Å²) < 4.78 is 0. The topological polar surface area (TPSA) is 0 Å². The van der Waals surface area contributed by atoms with Crippen LogP contribution >= 0.6 is 0 Å². The molecule has 3 atom stereocenters. The molecule has 0 radical (unpaired) electrons. The third-order valence-electron chi connectivity index (χ3n) is 5.66. The van der Waals surface area contributed by atoms with Crippen LogP contribution in [0.3, 0.4) is 0 Å². The molecule has 100 valence electrons. The highest BCUT2D eigenvalue weighted by molar-refractivity contribution is 5.01. The monoisotopic (exact) mass is 236 g/mol. The van der Waals surface area contributed by atoms with Gasteiger partial charge in [-0.3, -0.25) is 0 Å². The van der Waals surface area contributed by atoms with Crippen LogP contribution in [0.1, 0.15) is 90.9 Å². The summed E-state index contributed by atoms with van der Waals surface area (Å²) in [6.07, 6.45) is 18.2. The molecule has 0 aromatic carbocycles. The Labute approximate surface area is 109 Å². The summed E-state index contributed by atoms with van der Waals surface area (Å²) in [6, 6.07) is 0. The molecule has 17 heavy (non-hydrogen) atoms. The molecule has 2 fully saturated rings. The maximum Gasteiger partial charge on any atom is -0.0266 e. The van der Waals surface area contributed by atoms with Gasteiger partial charge in [-0.2, -0.15) is 0 Å². The second-order valence-electron chi connectivity index (χ2n) is 6.86. The van der Waals surface area contributed by atoms with Gasteiger partial charge in [-0.05, 0) is 55.8 Å². The average Bonchev–Trinajstić information content (AvgIpc) is 2.87. The van der Waals surface area contributed by atoms with Gasteiger partial charge >= 0.3 is 0 Å². The highest BCUT2D eigenvalue weighted by Gasteiger charge is 2.50. The van der Waals surface area contributed by atoms with Gasteiger partial charge in [0.05, 0.1) is 0 Å². The number of hydrogen-bond donors (Lipinski definition) is 0. The first kappa shape index (κ1) is 13.4. The Balaban J connectivity index is 1.82.